The molecule has 0 aliphatic carbocycles. The summed E-state index contributed by atoms with van der Waals surface area (Å²) in [5.41, 5.74) is 16.5. The molecule has 0 bridgehead atoms. The molecule has 5 N–H and O–H groups in total. The molecule has 2 unspecified atom stereocenters. The number of hydrogen-bond donors (Lipinski definition) is 3. The third kappa shape index (κ3) is 4.69. The van der Waals surface area contributed by atoms with Crippen LogP contribution in [0.15, 0.2) is 42.7 Å². The Morgan fingerprint density at radius 3 is 2.79 bits per heavy atom. The summed E-state index contributed by atoms with van der Waals surface area (Å²) >= 11 is 0. The van der Waals surface area contributed by atoms with E-state index in [1.165, 1.54) is 5.56 Å². The lowest BCUT2D eigenvalue weighted by Gasteiger charge is -2.37. The summed E-state index contributed by atoms with van der Waals surface area (Å²) in [6, 6.07) is 9.92. The number of pyridine rings is 2. The predicted molar refractivity (Wildman–Crippen MR) is 135 cm³/mol. The van der Waals surface area contributed by atoms with Crippen molar-refractivity contribution < 1.29 is 9.53 Å². The van der Waals surface area contributed by atoms with Gasteiger partial charge in [-0.05, 0) is 54.9 Å². The highest BCUT2D eigenvalue weighted by Gasteiger charge is 2.25. The van der Waals surface area contributed by atoms with Crippen molar-refractivity contribution in [1.29, 1.82) is 0 Å². The number of piperidine rings is 1. The van der Waals surface area contributed by atoms with Crippen LogP contribution in [0.1, 0.15) is 41.7 Å². The summed E-state index contributed by atoms with van der Waals surface area (Å²) in [5, 5.41) is 3.90. The molecule has 2 saturated heterocycles. The number of hydrogen-bond acceptors (Lipinski definition) is 7. The highest BCUT2D eigenvalue weighted by molar-refractivity contribution is 6.09. The Bertz CT molecular complexity index is 1180. The van der Waals surface area contributed by atoms with E-state index in [0.717, 1.165) is 49.2 Å². The van der Waals surface area contributed by atoms with Crippen LogP contribution in [0.4, 0.5) is 17.1 Å². The van der Waals surface area contributed by atoms with E-state index in [-0.39, 0.29) is 17.6 Å². The first-order valence-corrected chi connectivity index (χ1v) is 11.9. The zero-order chi connectivity index (χ0) is 23.7. The topological polar surface area (TPSA) is 119 Å². The highest BCUT2D eigenvalue weighted by atomic mass is 16.5. The predicted octanol–water partition coefficient (Wildman–Crippen LogP) is 3.35. The van der Waals surface area contributed by atoms with Gasteiger partial charge < -0.3 is 26.4 Å². The Kier molecular flexibility index (Phi) is 6.34. The fraction of sp³-hybridized carbons (Fsp3) is 0.385. The summed E-state index contributed by atoms with van der Waals surface area (Å²) in [7, 11) is 0. The third-order valence-corrected chi connectivity index (χ3v) is 6.68. The van der Waals surface area contributed by atoms with Crippen molar-refractivity contribution in [2.45, 2.75) is 31.7 Å². The number of nitrogens with zero attached hydrogens (tertiary/aromatic N) is 3. The number of ether oxygens (including phenoxy) is 1. The van der Waals surface area contributed by atoms with E-state index in [1.807, 2.05) is 18.2 Å². The Balaban J connectivity index is 1.42. The number of nitrogens with two attached hydrogens (primary N) is 2. The molecular formula is C26H31N6O2. The molecule has 8 heteroatoms. The van der Waals surface area contributed by atoms with E-state index < -0.39 is 0 Å². The van der Waals surface area contributed by atoms with Crippen LogP contribution in [-0.2, 0) is 4.74 Å². The van der Waals surface area contributed by atoms with Crippen molar-refractivity contribution in [2.75, 3.05) is 42.3 Å². The highest BCUT2D eigenvalue weighted by Crippen LogP contribution is 2.31. The molecule has 2 aliphatic rings. The number of carbonyl (C=O) groups is 1. The average Bonchev–Trinajstić information content (AvgIpc) is 2.83. The zero-order valence-electron chi connectivity index (χ0n) is 19.4. The average molecular weight is 460 g/mol. The van der Waals surface area contributed by atoms with Crippen LogP contribution in [0, 0.1) is 12.3 Å². The number of carbonyl (C=O) groups excluding carboxylic acids is 1. The normalized spacial score (nSPS) is 21.5. The van der Waals surface area contributed by atoms with E-state index in [4.69, 9.17) is 16.2 Å². The Morgan fingerprint density at radius 1 is 1.18 bits per heavy atom. The fourth-order valence-corrected chi connectivity index (χ4v) is 5.02. The van der Waals surface area contributed by atoms with Crippen molar-refractivity contribution in [3.63, 3.8) is 0 Å². The van der Waals surface area contributed by atoms with Crippen molar-refractivity contribution in [1.82, 2.24) is 9.97 Å². The van der Waals surface area contributed by atoms with Crippen LogP contribution in [0.5, 0.6) is 0 Å². The minimum absolute atomic E-state index is 0.0248. The Hall–Kier alpha value is -3.23. The molecule has 2 fully saturated rings. The van der Waals surface area contributed by atoms with Crippen molar-refractivity contribution in [3.05, 3.63) is 60.4 Å². The van der Waals surface area contributed by atoms with Crippen molar-refractivity contribution >= 4 is 33.9 Å². The van der Waals surface area contributed by atoms with Gasteiger partial charge in [-0.1, -0.05) is 19.1 Å². The molecule has 2 aliphatic heterocycles. The second-order valence-corrected chi connectivity index (χ2v) is 9.35. The second kappa shape index (κ2) is 9.56. The van der Waals surface area contributed by atoms with Crippen LogP contribution < -0.4 is 21.7 Å². The molecule has 177 valence electrons. The number of amides is 1. The first-order chi connectivity index (χ1) is 16.5. The maximum absolute atomic E-state index is 13.3. The Labute approximate surface area is 199 Å². The number of rotatable bonds is 4. The molecule has 2 aromatic heterocycles. The number of aromatic nitrogens is 2. The van der Waals surface area contributed by atoms with E-state index in [2.05, 4.69) is 45.7 Å². The maximum Gasteiger partial charge on any atom is 0.276 e. The number of nitrogen functional groups attached to an aromatic ring is 1. The van der Waals surface area contributed by atoms with Gasteiger partial charge >= 0.3 is 0 Å². The van der Waals surface area contributed by atoms with Gasteiger partial charge in [-0.3, -0.25) is 9.78 Å². The summed E-state index contributed by atoms with van der Waals surface area (Å²) in [6.07, 6.45) is 7.52. The second-order valence-electron chi connectivity index (χ2n) is 9.35. The largest absolute Gasteiger partial charge is 0.397 e. The number of anilines is 3. The monoisotopic (exact) mass is 459 g/mol. The standard InChI is InChI=1S/C26H31N6O2/c1-16-10-20(27)15-32(14-16)24-4-7-29-13-23(24)31-26(33)25-21(28)11-19-3-2-18(12-22(19)30-25)17-5-8-34-9-6-17/h2-4,7,10-13,16-17,20H,5-6,8-9,14-15,27-28H2,1H3,(H,31,33). The van der Waals surface area contributed by atoms with Gasteiger partial charge in [-0.15, -0.1) is 0 Å². The van der Waals surface area contributed by atoms with E-state index in [9.17, 15) is 4.79 Å². The van der Waals surface area contributed by atoms with Gasteiger partial charge in [0.25, 0.3) is 5.91 Å². The molecule has 3 aromatic rings. The maximum atomic E-state index is 13.3. The summed E-state index contributed by atoms with van der Waals surface area (Å²) in [6.45, 7) is 5.20. The minimum Gasteiger partial charge on any atom is -0.397 e. The quantitative estimate of drug-likeness (QED) is 0.547. The van der Waals surface area contributed by atoms with Crippen LogP contribution in [0.25, 0.3) is 10.9 Å². The first kappa shape index (κ1) is 22.6. The van der Waals surface area contributed by atoms with Gasteiger partial charge in [-0.25, -0.2) is 4.98 Å². The molecular weight excluding hydrogens is 428 g/mol. The van der Waals surface area contributed by atoms with Crippen molar-refractivity contribution in [3.8, 4) is 0 Å². The van der Waals surface area contributed by atoms with Gasteiger partial charge in [0.15, 0.2) is 5.69 Å². The van der Waals surface area contributed by atoms with Crippen LogP contribution >= 0.6 is 0 Å². The third-order valence-electron chi connectivity index (χ3n) is 6.68. The van der Waals surface area contributed by atoms with Gasteiger partial charge in [-0.2, -0.15) is 0 Å². The van der Waals surface area contributed by atoms with Gasteiger partial charge in [0.2, 0.25) is 0 Å². The van der Waals surface area contributed by atoms with E-state index >= 15 is 0 Å². The molecule has 34 heavy (non-hydrogen) atoms. The number of nitrogens with one attached hydrogen (secondary N) is 1. The van der Waals surface area contributed by atoms with Gasteiger partial charge in [0.05, 0.1) is 28.8 Å². The minimum atomic E-state index is -0.356. The van der Waals surface area contributed by atoms with E-state index in [0.29, 0.717) is 29.8 Å². The molecule has 2 atom stereocenters. The van der Waals surface area contributed by atoms with Crippen LogP contribution in [0.2, 0.25) is 0 Å². The SMILES string of the molecule is CC1[CH]C(N)CN(c2ccncc2NC(=O)c2nc3cc(C4CCOCC4)ccc3cc2N)C1. The van der Waals surface area contributed by atoms with Crippen molar-refractivity contribution in [2.24, 2.45) is 11.7 Å². The molecule has 4 heterocycles. The molecule has 1 aromatic carbocycles. The molecule has 0 spiro atoms. The van der Waals surface area contributed by atoms with Gasteiger partial charge in [0.1, 0.15) is 0 Å². The molecule has 1 radical (unpaired) electrons. The lowest BCUT2D eigenvalue weighted by Crippen LogP contribution is -2.47. The lowest BCUT2D eigenvalue weighted by atomic mass is 9.91. The van der Waals surface area contributed by atoms with Gasteiger partial charge in [0, 0.05) is 43.9 Å². The Morgan fingerprint density at radius 2 is 2.00 bits per heavy atom. The van der Waals surface area contributed by atoms with E-state index in [1.54, 1.807) is 12.4 Å². The smallest absolute Gasteiger partial charge is 0.276 e. The first-order valence-electron chi connectivity index (χ1n) is 11.9. The molecule has 8 nitrogen and oxygen atoms in total. The summed E-state index contributed by atoms with van der Waals surface area (Å²) in [4.78, 5) is 24.3. The van der Waals surface area contributed by atoms with Crippen LogP contribution in [-0.4, -0.2) is 48.2 Å². The molecule has 1 amide bonds. The summed E-state index contributed by atoms with van der Waals surface area (Å²) in [5.74, 6) is 0.442. The molecule has 0 saturated carbocycles. The van der Waals surface area contributed by atoms with Crippen LogP contribution in [0.3, 0.4) is 0 Å². The fourth-order valence-electron chi connectivity index (χ4n) is 5.02. The summed E-state index contributed by atoms with van der Waals surface area (Å²) < 4.78 is 5.49. The zero-order valence-corrected chi connectivity index (χ0v) is 19.4. The number of benzene rings is 1. The molecule has 5 rings (SSSR count). The lowest BCUT2D eigenvalue weighted by molar-refractivity contribution is 0.0853. The number of fused-ring (bicyclic) bond motifs is 1.